The van der Waals surface area contributed by atoms with Crippen LogP contribution in [0.15, 0.2) is 140 Å². The second kappa shape index (κ2) is 9.34. The number of benzene rings is 5. The minimum atomic E-state index is 0.723. The Bertz CT molecular complexity index is 1870. The van der Waals surface area contributed by atoms with Crippen LogP contribution in [-0.2, 0) is 0 Å². The van der Waals surface area contributed by atoms with Crippen molar-refractivity contribution in [3.63, 3.8) is 0 Å². The first-order valence-electron chi connectivity index (χ1n) is 12.7. The largest absolute Gasteiger partial charge is 0.310 e. The average Bonchev–Trinajstić information content (AvgIpc) is 3.35. The average molecular weight is 489 g/mol. The van der Waals surface area contributed by atoms with E-state index >= 15 is 0 Å². The highest BCUT2D eigenvalue weighted by atomic mass is 15.2. The fraction of sp³-hybridized carbons (Fsp3) is 0. The van der Waals surface area contributed by atoms with Gasteiger partial charge in [-0.2, -0.15) is 0 Å². The maximum absolute atomic E-state index is 4.96. The van der Waals surface area contributed by atoms with Crippen LogP contribution in [0, 0.1) is 0 Å². The smallest absolute Gasteiger partial charge is 0.214 e. The lowest BCUT2D eigenvalue weighted by molar-refractivity contribution is 1.09. The summed E-state index contributed by atoms with van der Waals surface area (Å²) in [6.45, 7) is 0. The van der Waals surface area contributed by atoms with Crippen LogP contribution in [0.4, 0.5) is 11.8 Å². The number of fused-ring (bicyclic) bond motifs is 2. The lowest BCUT2D eigenvalue weighted by atomic mass is 10.0. The van der Waals surface area contributed by atoms with E-state index in [1.165, 1.54) is 11.1 Å². The van der Waals surface area contributed by atoms with Crippen LogP contribution in [-0.4, -0.2) is 14.5 Å². The molecule has 0 saturated heterocycles. The van der Waals surface area contributed by atoms with Gasteiger partial charge in [-0.25, -0.2) is 9.97 Å². The maximum Gasteiger partial charge on any atom is 0.214 e. The molecule has 0 spiro atoms. The summed E-state index contributed by atoms with van der Waals surface area (Å²) in [5.74, 6) is 1.47. The Morgan fingerprint density at radius 3 is 1.87 bits per heavy atom. The van der Waals surface area contributed by atoms with E-state index in [1.807, 2.05) is 36.4 Å². The highest BCUT2D eigenvalue weighted by molar-refractivity contribution is 5.96. The van der Waals surface area contributed by atoms with E-state index in [-0.39, 0.29) is 0 Å². The Balaban J connectivity index is 1.35. The predicted octanol–water partition coefficient (Wildman–Crippen LogP) is 8.65. The third kappa shape index (κ3) is 3.98. The van der Waals surface area contributed by atoms with Crippen LogP contribution in [0.1, 0.15) is 0 Å². The van der Waals surface area contributed by atoms with Crippen LogP contribution in [0.25, 0.3) is 49.9 Å². The Morgan fingerprint density at radius 1 is 0.500 bits per heavy atom. The predicted molar refractivity (Wildman–Crippen MR) is 157 cm³/mol. The quantitative estimate of drug-likeness (QED) is 0.264. The number of para-hydroxylation sites is 3. The van der Waals surface area contributed by atoms with Crippen LogP contribution in [0.2, 0.25) is 0 Å². The van der Waals surface area contributed by atoms with Crippen molar-refractivity contribution in [1.82, 2.24) is 14.5 Å². The SMILES string of the molecule is c1ccc(-c2ccc(-n3c(Nc4cc(-c5ccccc5)c5ccccc5n4)nc4ccccc43)cc2)cc1. The molecule has 0 aliphatic rings. The van der Waals surface area contributed by atoms with Crippen LogP contribution >= 0.6 is 0 Å². The van der Waals surface area contributed by atoms with E-state index in [0.29, 0.717) is 0 Å². The molecule has 4 heteroatoms. The number of nitrogens with one attached hydrogen (secondary N) is 1. The lowest BCUT2D eigenvalue weighted by Gasteiger charge is -2.14. The number of aromatic nitrogens is 3. The molecule has 7 rings (SSSR count). The number of hydrogen-bond donors (Lipinski definition) is 1. The Labute approximate surface area is 220 Å². The van der Waals surface area contributed by atoms with Crippen molar-refractivity contribution >= 4 is 33.7 Å². The summed E-state index contributed by atoms with van der Waals surface area (Å²) in [4.78, 5) is 9.91. The highest BCUT2D eigenvalue weighted by Gasteiger charge is 2.15. The van der Waals surface area contributed by atoms with Gasteiger partial charge in [0.05, 0.1) is 16.6 Å². The zero-order chi connectivity index (χ0) is 25.3. The molecule has 2 heterocycles. The van der Waals surface area contributed by atoms with Crippen molar-refractivity contribution in [3.05, 3.63) is 140 Å². The molecule has 0 atom stereocenters. The minimum Gasteiger partial charge on any atom is -0.310 e. The zero-order valence-corrected chi connectivity index (χ0v) is 20.6. The molecule has 4 nitrogen and oxygen atoms in total. The number of imidazole rings is 1. The van der Waals surface area contributed by atoms with Gasteiger partial charge in [0.2, 0.25) is 5.95 Å². The fourth-order valence-electron chi connectivity index (χ4n) is 5.02. The van der Waals surface area contributed by atoms with Crippen LogP contribution in [0.5, 0.6) is 0 Å². The second-order valence-electron chi connectivity index (χ2n) is 9.24. The van der Waals surface area contributed by atoms with Gasteiger partial charge in [-0.3, -0.25) is 4.57 Å². The standard InChI is InChI=1S/C34H24N4/c1-3-11-24(12-4-1)25-19-21-27(22-20-25)38-32-18-10-9-17-31(32)36-34(38)37-33-23-29(26-13-5-2-6-14-26)28-15-7-8-16-30(28)35-33/h1-23H,(H,35,36,37). The van der Waals surface area contributed by atoms with E-state index in [0.717, 1.165) is 50.5 Å². The van der Waals surface area contributed by atoms with E-state index in [4.69, 9.17) is 9.97 Å². The third-order valence-corrected chi connectivity index (χ3v) is 6.83. The maximum atomic E-state index is 4.96. The highest BCUT2D eigenvalue weighted by Crippen LogP contribution is 2.33. The third-order valence-electron chi connectivity index (χ3n) is 6.83. The van der Waals surface area contributed by atoms with Crippen molar-refractivity contribution in [1.29, 1.82) is 0 Å². The molecule has 5 aromatic carbocycles. The number of pyridine rings is 1. The summed E-state index contributed by atoms with van der Waals surface area (Å²) in [6.07, 6.45) is 0. The first-order valence-corrected chi connectivity index (χ1v) is 12.7. The topological polar surface area (TPSA) is 42.7 Å². The fourth-order valence-corrected chi connectivity index (χ4v) is 5.02. The summed E-state index contributed by atoms with van der Waals surface area (Å²) in [5.41, 5.74) is 8.58. The zero-order valence-electron chi connectivity index (χ0n) is 20.6. The van der Waals surface area contributed by atoms with Crippen molar-refractivity contribution in [2.75, 3.05) is 5.32 Å². The molecule has 0 saturated carbocycles. The molecule has 0 amide bonds. The van der Waals surface area contributed by atoms with Gasteiger partial charge in [0, 0.05) is 11.1 Å². The van der Waals surface area contributed by atoms with Gasteiger partial charge in [-0.05, 0) is 58.7 Å². The van der Waals surface area contributed by atoms with Crippen molar-refractivity contribution in [3.8, 4) is 27.9 Å². The minimum absolute atomic E-state index is 0.723. The van der Waals surface area contributed by atoms with Gasteiger partial charge in [0.1, 0.15) is 5.82 Å². The number of rotatable bonds is 5. The second-order valence-corrected chi connectivity index (χ2v) is 9.24. The van der Waals surface area contributed by atoms with Crippen molar-refractivity contribution in [2.24, 2.45) is 0 Å². The van der Waals surface area contributed by atoms with Gasteiger partial charge in [0.15, 0.2) is 0 Å². The molecule has 7 aromatic rings. The normalized spacial score (nSPS) is 11.2. The number of nitrogens with zero attached hydrogens (tertiary/aromatic N) is 3. The Hall–Kier alpha value is -5.22. The lowest BCUT2D eigenvalue weighted by Crippen LogP contribution is -2.03. The van der Waals surface area contributed by atoms with Gasteiger partial charge < -0.3 is 5.32 Å². The summed E-state index contributed by atoms with van der Waals surface area (Å²) in [6, 6.07) is 48.0. The summed E-state index contributed by atoms with van der Waals surface area (Å²) >= 11 is 0. The van der Waals surface area contributed by atoms with E-state index in [2.05, 4.69) is 113 Å². The molecule has 0 unspecified atom stereocenters. The summed E-state index contributed by atoms with van der Waals surface area (Å²) in [7, 11) is 0. The van der Waals surface area contributed by atoms with E-state index in [9.17, 15) is 0 Å². The number of hydrogen-bond acceptors (Lipinski definition) is 3. The van der Waals surface area contributed by atoms with Gasteiger partial charge >= 0.3 is 0 Å². The van der Waals surface area contributed by atoms with Crippen LogP contribution < -0.4 is 5.32 Å². The first-order chi connectivity index (χ1) is 18.8. The molecule has 1 N–H and O–H groups in total. The van der Waals surface area contributed by atoms with Gasteiger partial charge in [0.25, 0.3) is 0 Å². The van der Waals surface area contributed by atoms with E-state index in [1.54, 1.807) is 0 Å². The first kappa shape index (κ1) is 22.0. The Kier molecular flexibility index (Phi) is 5.41. The molecule has 0 aliphatic carbocycles. The molecule has 0 aliphatic heterocycles. The summed E-state index contributed by atoms with van der Waals surface area (Å²) < 4.78 is 2.16. The summed E-state index contributed by atoms with van der Waals surface area (Å²) in [5, 5.41) is 4.67. The van der Waals surface area contributed by atoms with Gasteiger partial charge in [-0.15, -0.1) is 0 Å². The molecular formula is C34H24N4. The molecule has 180 valence electrons. The molecule has 38 heavy (non-hydrogen) atoms. The Morgan fingerprint density at radius 2 is 1.11 bits per heavy atom. The molecular weight excluding hydrogens is 464 g/mol. The monoisotopic (exact) mass is 488 g/mol. The molecule has 0 radical (unpaired) electrons. The van der Waals surface area contributed by atoms with E-state index < -0.39 is 0 Å². The molecule has 2 aromatic heterocycles. The van der Waals surface area contributed by atoms with Crippen LogP contribution in [0.3, 0.4) is 0 Å². The molecule has 0 bridgehead atoms. The van der Waals surface area contributed by atoms with Crippen molar-refractivity contribution < 1.29 is 0 Å². The van der Waals surface area contributed by atoms with Gasteiger partial charge in [-0.1, -0.05) is 103 Å². The molecule has 0 fully saturated rings. The van der Waals surface area contributed by atoms with Crippen molar-refractivity contribution in [2.45, 2.75) is 0 Å². The number of anilines is 2.